The second kappa shape index (κ2) is 4.23. The van der Waals surface area contributed by atoms with E-state index in [-0.39, 0.29) is 0 Å². The van der Waals surface area contributed by atoms with E-state index in [1.807, 2.05) is 6.08 Å². The molecule has 0 spiro atoms. The van der Waals surface area contributed by atoms with Crippen LogP contribution >= 0.6 is 0 Å². The van der Waals surface area contributed by atoms with Gasteiger partial charge in [0.2, 0.25) is 0 Å². The Morgan fingerprint density at radius 1 is 1.36 bits per heavy atom. The van der Waals surface area contributed by atoms with Crippen molar-refractivity contribution in [3.05, 3.63) is 53.7 Å². The van der Waals surface area contributed by atoms with Gasteiger partial charge in [-0.3, -0.25) is 0 Å². The van der Waals surface area contributed by atoms with Crippen LogP contribution in [0.5, 0.6) is 0 Å². The zero-order valence-corrected chi connectivity index (χ0v) is 8.49. The van der Waals surface area contributed by atoms with Gasteiger partial charge in [0, 0.05) is 43.4 Å². The van der Waals surface area contributed by atoms with Crippen LogP contribution in [0, 0.1) is 6.42 Å². The molecule has 0 aromatic rings. The summed E-state index contributed by atoms with van der Waals surface area (Å²) in [4.78, 5) is 0. The van der Waals surface area contributed by atoms with Crippen LogP contribution in [0.15, 0.2) is 47.3 Å². The van der Waals surface area contributed by atoms with Crippen molar-refractivity contribution in [3.8, 4) is 0 Å². The minimum Gasteiger partial charge on any atom is -0.497 e. The molecule has 14 heavy (non-hydrogen) atoms. The van der Waals surface area contributed by atoms with Crippen LogP contribution in [-0.4, -0.2) is 7.11 Å². The Kier molecular flexibility index (Phi) is 2.78. The summed E-state index contributed by atoms with van der Waals surface area (Å²) >= 11 is 0. The molecule has 2 aliphatic carbocycles. The van der Waals surface area contributed by atoms with Gasteiger partial charge in [0.05, 0.1) is 7.11 Å². The van der Waals surface area contributed by atoms with Crippen LogP contribution in [0.25, 0.3) is 0 Å². The molecule has 2 aliphatic rings. The van der Waals surface area contributed by atoms with Gasteiger partial charge in [-0.2, -0.15) is 0 Å². The molecule has 0 aliphatic heterocycles. The molecule has 0 saturated heterocycles. The molecule has 72 valence electrons. The molecule has 0 bridgehead atoms. The van der Waals surface area contributed by atoms with Crippen molar-refractivity contribution >= 4 is 0 Å². The largest absolute Gasteiger partial charge is 0.497 e. The summed E-state index contributed by atoms with van der Waals surface area (Å²) in [5.41, 5.74) is 2.73. The second-order valence-corrected chi connectivity index (χ2v) is 3.55. The molecule has 0 aromatic heterocycles. The van der Waals surface area contributed by atoms with E-state index in [0.717, 1.165) is 12.2 Å². The van der Waals surface area contributed by atoms with Crippen molar-refractivity contribution in [2.24, 2.45) is 0 Å². The summed E-state index contributed by atoms with van der Waals surface area (Å²) in [6.45, 7) is 0. The lowest BCUT2D eigenvalue weighted by molar-refractivity contribution is 0.304. The van der Waals surface area contributed by atoms with Crippen molar-refractivity contribution in [3.63, 3.8) is 0 Å². The molecule has 0 fully saturated rings. The maximum absolute atomic E-state index is 5.13. The van der Waals surface area contributed by atoms with E-state index >= 15 is 0 Å². The molecule has 0 radical (unpaired) electrons. The van der Waals surface area contributed by atoms with E-state index in [9.17, 15) is 0 Å². The summed E-state index contributed by atoms with van der Waals surface area (Å²) in [5, 5.41) is 0. The monoisotopic (exact) mass is 187 g/mol. The van der Waals surface area contributed by atoms with Gasteiger partial charge in [-0.05, 0) is 18.2 Å². The van der Waals surface area contributed by atoms with Crippen LogP contribution in [0.4, 0.5) is 0 Å². The van der Waals surface area contributed by atoms with E-state index in [2.05, 4.69) is 30.7 Å². The lowest BCUT2D eigenvalue weighted by atomic mass is 10.0. The average molecular weight is 187 g/mol. The van der Waals surface area contributed by atoms with Crippen LogP contribution in [0.2, 0.25) is 0 Å². The molecule has 1 heteroatoms. The molecule has 0 aromatic carbocycles. The number of ether oxygens (including phenoxy) is 1. The Balaban J connectivity index is 2.02. The predicted octanol–water partition coefficient (Wildman–Crippen LogP) is 3.33. The van der Waals surface area contributed by atoms with E-state index in [1.165, 1.54) is 24.0 Å². The maximum Gasteiger partial charge on any atom is 0.125 e. The van der Waals surface area contributed by atoms with Gasteiger partial charge < -0.3 is 4.74 Å². The van der Waals surface area contributed by atoms with Gasteiger partial charge >= 0.3 is 0 Å². The fourth-order valence-electron chi connectivity index (χ4n) is 1.72. The minimum absolute atomic E-state index is 0.964. The lowest BCUT2D eigenvalue weighted by Gasteiger charge is -2.05. The minimum atomic E-state index is 0.964. The summed E-state index contributed by atoms with van der Waals surface area (Å²) in [7, 11) is 1.71. The Hall–Kier alpha value is -1.37. The van der Waals surface area contributed by atoms with Crippen LogP contribution in [0.3, 0.4) is 0 Å². The average Bonchev–Trinajstić information content (AvgIpc) is 2.72. The summed E-state index contributed by atoms with van der Waals surface area (Å²) in [6, 6.07) is 0. The molecule has 0 atom stereocenters. The van der Waals surface area contributed by atoms with Crippen LogP contribution < -0.4 is 0 Å². The number of methoxy groups -OCH3 is 1. The van der Waals surface area contributed by atoms with E-state index in [0.29, 0.717) is 0 Å². The summed E-state index contributed by atoms with van der Waals surface area (Å²) < 4.78 is 5.13. The third-order valence-corrected chi connectivity index (χ3v) is 2.52. The topological polar surface area (TPSA) is 9.23 Å². The lowest BCUT2D eigenvalue weighted by Crippen LogP contribution is -1.90. The second-order valence-electron chi connectivity index (χ2n) is 3.55. The van der Waals surface area contributed by atoms with Crippen molar-refractivity contribution in [1.82, 2.24) is 0 Å². The highest BCUT2D eigenvalue weighted by Gasteiger charge is 2.12. The van der Waals surface area contributed by atoms with E-state index < -0.39 is 0 Å². The number of hydrogen-bond acceptors (Lipinski definition) is 1. The maximum atomic E-state index is 5.13. The molecule has 1 nitrogen and oxygen atoms in total. The highest BCUT2D eigenvalue weighted by atomic mass is 16.5. The standard InChI is InChI=1S/C13H15O/c1-14-13-8-6-12(7-9-13)10-11-4-2-3-5-11/h4-6,8-10H,2-3,7H2,1H3/q+1. The van der Waals surface area contributed by atoms with Crippen molar-refractivity contribution < 1.29 is 4.74 Å². The number of rotatable bonds is 2. The zero-order valence-electron chi connectivity index (χ0n) is 8.49. The number of hydrogen-bond donors (Lipinski definition) is 0. The first-order valence-corrected chi connectivity index (χ1v) is 5.04. The molecular weight excluding hydrogens is 172 g/mol. The van der Waals surface area contributed by atoms with Gasteiger partial charge in [0.25, 0.3) is 0 Å². The highest BCUT2D eigenvalue weighted by molar-refractivity contribution is 5.41. The molecular formula is C13H15O+. The van der Waals surface area contributed by atoms with Crippen molar-refractivity contribution in [2.75, 3.05) is 7.11 Å². The first kappa shape index (κ1) is 9.20. The van der Waals surface area contributed by atoms with Crippen LogP contribution in [-0.2, 0) is 4.74 Å². The SMILES string of the molecule is COC1=CCC(=CC2=CCC[CH+]2)C=C1. The molecule has 0 N–H and O–H groups in total. The third-order valence-electron chi connectivity index (χ3n) is 2.52. The van der Waals surface area contributed by atoms with Gasteiger partial charge in [0.1, 0.15) is 11.3 Å². The van der Waals surface area contributed by atoms with Crippen molar-refractivity contribution in [2.45, 2.75) is 19.3 Å². The third kappa shape index (κ3) is 2.11. The molecule has 2 rings (SSSR count). The van der Waals surface area contributed by atoms with E-state index in [1.54, 1.807) is 7.11 Å². The van der Waals surface area contributed by atoms with Gasteiger partial charge in [-0.15, -0.1) is 0 Å². The Morgan fingerprint density at radius 3 is 2.86 bits per heavy atom. The molecule has 0 saturated carbocycles. The Bertz CT molecular complexity index is 329. The van der Waals surface area contributed by atoms with Crippen molar-refractivity contribution in [1.29, 1.82) is 0 Å². The predicted molar refractivity (Wildman–Crippen MR) is 58.5 cm³/mol. The summed E-state index contributed by atoms with van der Waals surface area (Å²) in [5.74, 6) is 0.964. The van der Waals surface area contributed by atoms with Gasteiger partial charge in [-0.25, -0.2) is 0 Å². The normalized spacial score (nSPS) is 23.1. The fraction of sp³-hybridized carbons (Fsp3) is 0.308. The first-order valence-electron chi connectivity index (χ1n) is 5.04. The zero-order chi connectivity index (χ0) is 9.80. The molecule has 0 unspecified atom stereocenters. The Labute approximate surface area is 85.5 Å². The highest BCUT2D eigenvalue weighted by Crippen LogP contribution is 2.22. The molecule has 0 heterocycles. The fourth-order valence-corrected chi connectivity index (χ4v) is 1.72. The van der Waals surface area contributed by atoms with E-state index in [4.69, 9.17) is 4.74 Å². The van der Waals surface area contributed by atoms with Gasteiger partial charge in [0.15, 0.2) is 0 Å². The Morgan fingerprint density at radius 2 is 2.29 bits per heavy atom. The number of allylic oxidation sites excluding steroid dienone is 7. The summed E-state index contributed by atoms with van der Waals surface area (Å²) in [6.07, 6.45) is 16.5. The van der Waals surface area contributed by atoms with Crippen LogP contribution in [0.1, 0.15) is 19.3 Å². The quantitative estimate of drug-likeness (QED) is 0.602. The molecule has 0 amide bonds. The van der Waals surface area contributed by atoms with Gasteiger partial charge in [-0.1, -0.05) is 0 Å². The first-order chi connectivity index (χ1) is 6.88. The smallest absolute Gasteiger partial charge is 0.125 e.